The van der Waals surface area contributed by atoms with Crippen LogP contribution in [0, 0.1) is 10.1 Å². The molecule has 1 aliphatic heterocycles. The molecule has 1 N–H and O–H groups in total. The molecule has 0 radical (unpaired) electrons. The number of benzene rings is 1. The van der Waals surface area contributed by atoms with Gasteiger partial charge in [0, 0.05) is 6.07 Å². The van der Waals surface area contributed by atoms with Crippen LogP contribution in [0.5, 0.6) is 0 Å². The number of anilines is 1. The summed E-state index contributed by atoms with van der Waals surface area (Å²) in [6, 6.07) is 7.36. The Kier molecular flexibility index (Phi) is 3.50. The van der Waals surface area contributed by atoms with Gasteiger partial charge in [-0.05, 0) is 11.6 Å². The Hall–Kier alpha value is -2.19. The Morgan fingerprint density at radius 1 is 1.36 bits per heavy atom. The van der Waals surface area contributed by atoms with E-state index >= 15 is 0 Å². The molecule has 0 saturated heterocycles. The van der Waals surface area contributed by atoms with Crippen molar-refractivity contribution >= 4 is 32.9 Å². The van der Waals surface area contributed by atoms with Crippen LogP contribution < -0.4 is 5.32 Å². The highest BCUT2D eigenvalue weighted by molar-refractivity contribution is 7.91. The molecule has 0 aliphatic carbocycles. The van der Waals surface area contributed by atoms with Gasteiger partial charge in [-0.3, -0.25) is 10.1 Å². The Morgan fingerprint density at radius 2 is 2.09 bits per heavy atom. The molecule has 0 fully saturated rings. The zero-order valence-corrected chi connectivity index (χ0v) is 12.6. The van der Waals surface area contributed by atoms with Gasteiger partial charge in [0.25, 0.3) is 5.69 Å². The minimum Gasteiger partial charge on any atom is -0.361 e. The number of hydrogen-bond donors (Lipinski definition) is 1. The normalized spacial score (nSPS) is 18.7. The van der Waals surface area contributed by atoms with Gasteiger partial charge in [-0.15, -0.1) is 0 Å². The summed E-state index contributed by atoms with van der Waals surface area (Å²) in [5.41, 5.74) is 0.411. The van der Waals surface area contributed by atoms with Crippen LogP contribution in [0.2, 0.25) is 5.02 Å². The number of rotatable bonds is 3. The van der Waals surface area contributed by atoms with Crippen molar-refractivity contribution in [2.24, 2.45) is 0 Å². The Balaban J connectivity index is 1.94. The fraction of sp³-hybridized carbons (Fsp3) is 0.154. The van der Waals surface area contributed by atoms with Crippen LogP contribution >= 0.6 is 11.6 Å². The SMILES string of the molecule is O=[N+]([O-])c1cnc(N[C@H]2CS(=O)(=O)c3ccccc32)c(Cl)c1. The number of nitrogens with zero attached hydrogens (tertiary/aromatic N) is 2. The van der Waals surface area contributed by atoms with Gasteiger partial charge in [0.05, 0.1) is 26.6 Å². The molecule has 2 aromatic rings. The van der Waals surface area contributed by atoms with Crippen molar-refractivity contribution in [3.63, 3.8) is 0 Å². The van der Waals surface area contributed by atoms with E-state index in [0.29, 0.717) is 5.56 Å². The van der Waals surface area contributed by atoms with E-state index in [1.165, 1.54) is 6.07 Å². The highest BCUT2D eigenvalue weighted by Crippen LogP contribution is 2.36. The van der Waals surface area contributed by atoms with Crippen LogP contribution in [-0.2, 0) is 9.84 Å². The molecule has 0 unspecified atom stereocenters. The number of fused-ring (bicyclic) bond motifs is 1. The van der Waals surface area contributed by atoms with Gasteiger partial charge in [0.15, 0.2) is 9.84 Å². The molecule has 0 spiro atoms. The van der Waals surface area contributed by atoms with Crippen LogP contribution in [0.15, 0.2) is 41.4 Å². The molecule has 0 saturated carbocycles. The fourth-order valence-corrected chi connectivity index (χ4v) is 4.32. The minimum absolute atomic E-state index is 0.0657. The summed E-state index contributed by atoms with van der Waals surface area (Å²) in [5, 5.41) is 13.7. The number of sulfone groups is 1. The molecule has 114 valence electrons. The summed E-state index contributed by atoms with van der Waals surface area (Å²) in [6.45, 7) is 0. The zero-order chi connectivity index (χ0) is 15.9. The molecule has 9 heteroatoms. The number of aromatic nitrogens is 1. The third kappa shape index (κ3) is 2.51. The van der Waals surface area contributed by atoms with Crippen molar-refractivity contribution in [1.29, 1.82) is 0 Å². The van der Waals surface area contributed by atoms with Gasteiger partial charge in [-0.2, -0.15) is 0 Å². The minimum atomic E-state index is -3.35. The molecule has 3 rings (SSSR count). The monoisotopic (exact) mass is 339 g/mol. The lowest BCUT2D eigenvalue weighted by molar-refractivity contribution is -0.385. The van der Waals surface area contributed by atoms with Crippen LogP contribution in [0.3, 0.4) is 0 Å². The van der Waals surface area contributed by atoms with E-state index in [9.17, 15) is 18.5 Å². The first kappa shape index (κ1) is 14.7. The van der Waals surface area contributed by atoms with Crippen molar-refractivity contribution in [3.05, 3.63) is 57.2 Å². The van der Waals surface area contributed by atoms with Gasteiger partial charge in [-0.1, -0.05) is 29.8 Å². The molecular formula is C13H10ClN3O4S. The Morgan fingerprint density at radius 3 is 2.77 bits per heavy atom. The molecule has 7 nitrogen and oxygen atoms in total. The van der Waals surface area contributed by atoms with Crippen LogP contribution in [-0.4, -0.2) is 24.1 Å². The number of nitrogens with one attached hydrogen (secondary N) is 1. The molecule has 2 heterocycles. The summed E-state index contributed by atoms with van der Waals surface area (Å²) < 4.78 is 24.2. The second-order valence-corrected chi connectivity index (χ2v) is 7.21. The van der Waals surface area contributed by atoms with Crippen molar-refractivity contribution in [2.45, 2.75) is 10.9 Å². The first-order valence-electron chi connectivity index (χ1n) is 6.26. The lowest BCUT2D eigenvalue weighted by Crippen LogP contribution is -2.14. The second-order valence-electron chi connectivity index (χ2n) is 4.80. The first-order valence-corrected chi connectivity index (χ1v) is 8.29. The van der Waals surface area contributed by atoms with Crippen LogP contribution in [0.25, 0.3) is 0 Å². The number of hydrogen-bond acceptors (Lipinski definition) is 6. The maximum Gasteiger partial charge on any atom is 0.289 e. The highest BCUT2D eigenvalue weighted by Gasteiger charge is 2.34. The lowest BCUT2D eigenvalue weighted by atomic mass is 10.1. The van der Waals surface area contributed by atoms with E-state index in [-0.39, 0.29) is 27.2 Å². The zero-order valence-electron chi connectivity index (χ0n) is 11.1. The van der Waals surface area contributed by atoms with Crippen molar-refractivity contribution in [2.75, 3.05) is 11.1 Å². The maximum absolute atomic E-state index is 12.1. The number of halogens is 1. The van der Waals surface area contributed by atoms with Crippen molar-refractivity contribution < 1.29 is 13.3 Å². The summed E-state index contributed by atoms with van der Waals surface area (Å²) in [4.78, 5) is 14.3. The predicted octanol–water partition coefficient (Wildman–Crippen LogP) is 2.58. The molecule has 1 atom stereocenters. The van der Waals surface area contributed by atoms with E-state index in [0.717, 1.165) is 6.20 Å². The van der Waals surface area contributed by atoms with E-state index in [4.69, 9.17) is 11.6 Å². The smallest absolute Gasteiger partial charge is 0.289 e. The molecule has 0 bridgehead atoms. The summed E-state index contributed by atoms with van der Waals surface area (Å²) >= 11 is 5.97. The third-order valence-corrected chi connectivity index (χ3v) is 5.47. The van der Waals surface area contributed by atoms with Gasteiger partial charge in [-0.25, -0.2) is 13.4 Å². The van der Waals surface area contributed by atoms with E-state index < -0.39 is 20.8 Å². The van der Waals surface area contributed by atoms with Crippen molar-refractivity contribution in [1.82, 2.24) is 4.98 Å². The largest absolute Gasteiger partial charge is 0.361 e. The number of nitro groups is 1. The molecule has 0 amide bonds. The van der Waals surface area contributed by atoms with Crippen molar-refractivity contribution in [3.8, 4) is 0 Å². The maximum atomic E-state index is 12.1. The average Bonchev–Trinajstić information content (AvgIpc) is 2.73. The van der Waals surface area contributed by atoms with Crippen LogP contribution in [0.1, 0.15) is 11.6 Å². The average molecular weight is 340 g/mol. The molecule has 1 aliphatic rings. The predicted molar refractivity (Wildman–Crippen MR) is 80.8 cm³/mol. The molecule has 22 heavy (non-hydrogen) atoms. The van der Waals surface area contributed by atoms with Gasteiger partial charge in [0.1, 0.15) is 12.0 Å². The third-order valence-electron chi connectivity index (χ3n) is 3.36. The quantitative estimate of drug-likeness (QED) is 0.681. The summed E-state index contributed by atoms with van der Waals surface area (Å²) in [5.74, 6) is 0.102. The highest BCUT2D eigenvalue weighted by atomic mass is 35.5. The van der Waals surface area contributed by atoms with Gasteiger partial charge < -0.3 is 5.32 Å². The number of pyridine rings is 1. The second kappa shape index (κ2) is 5.22. The molecular weight excluding hydrogens is 330 g/mol. The Bertz CT molecular complexity index is 869. The van der Waals surface area contributed by atoms with Gasteiger partial charge >= 0.3 is 0 Å². The van der Waals surface area contributed by atoms with Gasteiger partial charge in [0.2, 0.25) is 0 Å². The summed E-state index contributed by atoms with van der Waals surface area (Å²) in [6.07, 6.45) is 1.07. The van der Waals surface area contributed by atoms with E-state index in [1.54, 1.807) is 24.3 Å². The summed E-state index contributed by atoms with van der Waals surface area (Å²) in [7, 11) is -3.35. The van der Waals surface area contributed by atoms with E-state index in [1.807, 2.05) is 0 Å². The molecule has 1 aromatic carbocycles. The Labute approximate surface area is 131 Å². The lowest BCUT2D eigenvalue weighted by Gasteiger charge is -2.14. The fourth-order valence-electron chi connectivity index (χ4n) is 2.37. The first-order chi connectivity index (χ1) is 10.4. The van der Waals surface area contributed by atoms with Crippen LogP contribution in [0.4, 0.5) is 11.5 Å². The van der Waals surface area contributed by atoms with E-state index in [2.05, 4.69) is 10.3 Å². The standard InChI is InChI=1S/C13H10ClN3O4S/c14-10-5-8(17(18)19)6-15-13(10)16-11-7-22(20,21)12-4-2-1-3-9(11)12/h1-6,11H,7H2,(H,15,16)/t11-/m0/s1. The molecule has 1 aromatic heterocycles. The topological polar surface area (TPSA) is 102 Å².